The Hall–Kier alpha value is -2.61. The van der Waals surface area contributed by atoms with Crippen LogP contribution >= 0.6 is 0 Å². The lowest BCUT2D eigenvalue weighted by molar-refractivity contribution is 0.0694. The lowest BCUT2D eigenvalue weighted by Crippen LogP contribution is -2.45. The number of carboxylic acids is 1. The normalized spacial score (nSPS) is 27.3. The number of rotatable bonds is 2. The number of ether oxygens (including phenoxy) is 1. The summed E-state index contributed by atoms with van der Waals surface area (Å²) in [7, 11) is 0. The van der Waals surface area contributed by atoms with Gasteiger partial charge in [0, 0.05) is 30.2 Å². The Balaban J connectivity index is 1.78. The summed E-state index contributed by atoms with van der Waals surface area (Å²) in [5, 5.41) is 9.40. The molecule has 0 bridgehead atoms. The predicted octanol–water partition coefficient (Wildman–Crippen LogP) is 2.11. The van der Waals surface area contributed by atoms with Crippen LogP contribution in [0.3, 0.4) is 0 Å². The minimum absolute atomic E-state index is 0.00406. The third kappa shape index (κ3) is 2.12. The van der Waals surface area contributed by atoms with Gasteiger partial charge in [-0.3, -0.25) is 4.79 Å². The van der Waals surface area contributed by atoms with Crippen LogP contribution in [0, 0.1) is 11.2 Å². The van der Waals surface area contributed by atoms with Crippen molar-refractivity contribution in [2.75, 3.05) is 24.6 Å². The lowest BCUT2D eigenvalue weighted by atomic mass is 9.87. The highest BCUT2D eigenvalue weighted by atomic mass is 19.1. The fourth-order valence-corrected chi connectivity index (χ4v) is 4.86. The molecule has 2 aromatic rings. The lowest BCUT2D eigenvalue weighted by Gasteiger charge is -2.31. The van der Waals surface area contributed by atoms with E-state index in [0.29, 0.717) is 30.0 Å². The molecule has 148 valence electrons. The number of halogens is 1. The first-order chi connectivity index (χ1) is 13.2. The highest BCUT2D eigenvalue weighted by Crippen LogP contribution is 2.59. The summed E-state index contributed by atoms with van der Waals surface area (Å²) in [6, 6.07) is 0.965. The second-order valence-electron chi connectivity index (χ2n) is 8.73. The van der Waals surface area contributed by atoms with Crippen LogP contribution in [-0.4, -0.2) is 40.9 Å². The summed E-state index contributed by atoms with van der Waals surface area (Å²) in [5.74, 6) is -1.61. The molecule has 1 saturated heterocycles. The second kappa shape index (κ2) is 5.26. The van der Waals surface area contributed by atoms with E-state index in [9.17, 15) is 14.7 Å². The van der Waals surface area contributed by atoms with Gasteiger partial charge in [-0.2, -0.15) is 0 Å². The van der Waals surface area contributed by atoms with Crippen molar-refractivity contribution in [3.8, 4) is 5.75 Å². The monoisotopic (exact) mass is 387 g/mol. The van der Waals surface area contributed by atoms with Crippen LogP contribution in [0.5, 0.6) is 5.75 Å². The second-order valence-corrected chi connectivity index (χ2v) is 8.73. The molecular formula is C20H22FN3O4. The van der Waals surface area contributed by atoms with Crippen molar-refractivity contribution in [1.29, 1.82) is 0 Å². The third-order valence-corrected chi connectivity index (χ3v) is 6.77. The van der Waals surface area contributed by atoms with Crippen LogP contribution < -0.4 is 20.8 Å². The smallest absolute Gasteiger partial charge is 0.341 e. The van der Waals surface area contributed by atoms with Crippen LogP contribution in [0.4, 0.5) is 10.1 Å². The zero-order chi connectivity index (χ0) is 20.0. The molecule has 7 nitrogen and oxygen atoms in total. The number of benzene rings is 1. The van der Waals surface area contributed by atoms with Gasteiger partial charge in [-0.25, -0.2) is 9.18 Å². The molecule has 28 heavy (non-hydrogen) atoms. The molecule has 1 aromatic heterocycles. The van der Waals surface area contributed by atoms with E-state index in [1.807, 2.05) is 18.7 Å². The maximum atomic E-state index is 15.3. The minimum atomic E-state index is -1.32. The highest BCUT2D eigenvalue weighted by Gasteiger charge is 2.61. The summed E-state index contributed by atoms with van der Waals surface area (Å²) < 4.78 is 22.9. The predicted molar refractivity (Wildman–Crippen MR) is 102 cm³/mol. The molecule has 1 saturated carbocycles. The van der Waals surface area contributed by atoms with Crippen molar-refractivity contribution in [3.05, 3.63) is 33.9 Å². The van der Waals surface area contributed by atoms with E-state index in [4.69, 9.17) is 10.5 Å². The van der Waals surface area contributed by atoms with Crippen molar-refractivity contribution in [3.63, 3.8) is 0 Å². The van der Waals surface area contributed by atoms with E-state index in [1.54, 1.807) is 4.57 Å². The number of anilines is 1. The Morgan fingerprint density at radius 3 is 2.71 bits per heavy atom. The third-order valence-electron chi connectivity index (χ3n) is 6.77. The largest absolute Gasteiger partial charge is 0.487 e. The molecule has 2 atom stereocenters. The standard InChI is InChI=1S/C20H22FN3O4/c1-10-7-28-17-14-11(16(25)12(18(26)27)6-24(10)14)5-13(21)15(17)23-8-19(2,22)20(9-23)3-4-20/h5-6,10H,3-4,7-9,22H2,1-2H3,(H,26,27). The van der Waals surface area contributed by atoms with Gasteiger partial charge in [0.15, 0.2) is 11.6 Å². The Morgan fingerprint density at radius 1 is 1.39 bits per heavy atom. The Kier molecular flexibility index (Phi) is 3.28. The topological polar surface area (TPSA) is 97.8 Å². The molecule has 1 aliphatic carbocycles. The summed E-state index contributed by atoms with van der Waals surface area (Å²) in [6.45, 7) is 5.28. The first-order valence-corrected chi connectivity index (χ1v) is 9.46. The van der Waals surface area contributed by atoms with Crippen LogP contribution in [-0.2, 0) is 0 Å². The first-order valence-electron chi connectivity index (χ1n) is 9.46. The molecule has 2 aliphatic heterocycles. The van der Waals surface area contributed by atoms with E-state index in [0.717, 1.165) is 18.9 Å². The number of nitrogens with zero attached hydrogens (tertiary/aromatic N) is 2. The number of pyridine rings is 1. The highest BCUT2D eigenvalue weighted by molar-refractivity contribution is 5.97. The molecule has 1 spiro atoms. The van der Waals surface area contributed by atoms with Crippen LogP contribution in [0.15, 0.2) is 17.1 Å². The van der Waals surface area contributed by atoms with E-state index < -0.39 is 22.8 Å². The molecule has 3 heterocycles. The van der Waals surface area contributed by atoms with Crippen LogP contribution in [0.1, 0.15) is 43.1 Å². The molecule has 0 radical (unpaired) electrons. The fraction of sp³-hybridized carbons (Fsp3) is 0.500. The average Bonchev–Trinajstić information content (AvgIpc) is 3.34. The molecule has 3 N–H and O–H groups in total. The number of carboxylic acid groups (broad SMARTS) is 1. The molecule has 8 heteroatoms. The summed E-state index contributed by atoms with van der Waals surface area (Å²) in [6.07, 6.45) is 3.38. The van der Waals surface area contributed by atoms with Gasteiger partial charge in [0.25, 0.3) is 0 Å². The maximum Gasteiger partial charge on any atom is 0.341 e. The Bertz CT molecular complexity index is 1100. The van der Waals surface area contributed by atoms with Crippen LogP contribution in [0.25, 0.3) is 10.9 Å². The van der Waals surface area contributed by atoms with Crippen molar-refractivity contribution in [2.45, 2.75) is 38.3 Å². The van der Waals surface area contributed by atoms with Crippen molar-refractivity contribution in [2.24, 2.45) is 11.1 Å². The number of hydrogen-bond donors (Lipinski definition) is 2. The van der Waals surface area contributed by atoms with Crippen molar-refractivity contribution in [1.82, 2.24) is 4.57 Å². The quantitative estimate of drug-likeness (QED) is 0.819. The van der Waals surface area contributed by atoms with E-state index in [-0.39, 0.29) is 29.0 Å². The average molecular weight is 387 g/mol. The summed E-state index contributed by atoms with van der Waals surface area (Å²) in [5.41, 5.74) is 5.78. The number of hydrogen-bond acceptors (Lipinski definition) is 5. The first kappa shape index (κ1) is 17.5. The Labute approximate surface area is 160 Å². The number of aromatic nitrogens is 1. The van der Waals surface area contributed by atoms with Gasteiger partial charge < -0.3 is 25.0 Å². The zero-order valence-electron chi connectivity index (χ0n) is 15.8. The van der Waals surface area contributed by atoms with E-state index in [2.05, 4.69) is 0 Å². The SMILES string of the molecule is CC1COc2c(N3CC(C)(N)C4(CC4)C3)c(F)cc3c(=O)c(C(=O)O)cn1c23. The fourth-order valence-electron chi connectivity index (χ4n) is 4.86. The van der Waals surface area contributed by atoms with Gasteiger partial charge in [0.05, 0.1) is 16.9 Å². The van der Waals surface area contributed by atoms with Gasteiger partial charge in [0.1, 0.15) is 17.9 Å². The van der Waals surface area contributed by atoms with Gasteiger partial charge >= 0.3 is 5.97 Å². The molecule has 1 aromatic carbocycles. The van der Waals surface area contributed by atoms with E-state index in [1.165, 1.54) is 6.20 Å². The number of nitrogens with two attached hydrogens (primary N) is 1. The maximum absolute atomic E-state index is 15.3. The van der Waals surface area contributed by atoms with Gasteiger partial charge in [0.2, 0.25) is 5.43 Å². The Morgan fingerprint density at radius 2 is 2.11 bits per heavy atom. The number of aromatic carboxylic acids is 1. The van der Waals surface area contributed by atoms with E-state index >= 15 is 4.39 Å². The molecule has 5 rings (SSSR count). The summed E-state index contributed by atoms with van der Waals surface area (Å²) in [4.78, 5) is 26.1. The van der Waals surface area contributed by atoms with Crippen molar-refractivity contribution >= 4 is 22.6 Å². The zero-order valence-corrected chi connectivity index (χ0v) is 15.8. The van der Waals surface area contributed by atoms with Crippen LogP contribution in [0.2, 0.25) is 0 Å². The van der Waals surface area contributed by atoms with Gasteiger partial charge in [-0.15, -0.1) is 0 Å². The number of carbonyl (C=O) groups is 1. The molecular weight excluding hydrogens is 365 g/mol. The van der Waals surface area contributed by atoms with Gasteiger partial charge in [-0.1, -0.05) is 0 Å². The minimum Gasteiger partial charge on any atom is -0.487 e. The van der Waals surface area contributed by atoms with Crippen molar-refractivity contribution < 1.29 is 19.0 Å². The molecule has 3 aliphatic rings. The van der Waals surface area contributed by atoms with Gasteiger partial charge in [-0.05, 0) is 32.8 Å². The molecule has 2 unspecified atom stereocenters. The molecule has 0 amide bonds. The summed E-state index contributed by atoms with van der Waals surface area (Å²) >= 11 is 0. The molecule has 2 fully saturated rings.